The Morgan fingerprint density at radius 1 is 0.955 bits per heavy atom. The van der Waals surface area contributed by atoms with Crippen molar-refractivity contribution in [3.63, 3.8) is 0 Å². The van der Waals surface area contributed by atoms with E-state index in [1.165, 1.54) is 38.1 Å². The maximum atomic E-state index is 14.4. The molecule has 2 aromatic rings. The van der Waals surface area contributed by atoms with Crippen molar-refractivity contribution < 1.29 is 47.0 Å². The Morgan fingerprint density at radius 3 is 2.25 bits per heavy atom. The largest absolute Gasteiger partial charge is 0.507 e. The first-order valence-electron chi connectivity index (χ1n) is 14.0. The molecular weight excluding hydrogens is 590 g/mol. The first kappa shape index (κ1) is 34.2. The summed E-state index contributed by atoms with van der Waals surface area (Å²) in [6.07, 6.45) is -2.70. The fraction of sp³-hybridized carbons (Fsp3) is 0.483. The number of nitrogens with zero attached hydrogens (tertiary/aromatic N) is 1. The molecule has 3 rings (SSSR count). The van der Waals surface area contributed by atoms with Gasteiger partial charge in [-0.3, -0.25) is 19.2 Å². The molecule has 1 aliphatic heterocycles. The van der Waals surface area contributed by atoms with Crippen molar-refractivity contribution in [1.82, 2.24) is 26.3 Å². The molecule has 0 radical (unpaired) electrons. The summed E-state index contributed by atoms with van der Waals surface area (Å²) in [4.78, 5) is 55.7. The van der Waals surface area contributed by atoms with Crippen LogP contribution in [0.4, 0.5) is 17.6 Å². The maximum Gasteiger partial charge on any atom is 0.255 e. The Hall–Kier alpha value is -4.27. The number of carbonyl (C=O) groups is 4. The Labute approximate surface area is 250 Å². The lowest BCUT2D eigenvalue weighted by molar-refractivity contribution is -0.136. The van der Waals surface area contributed by atoms with Crippen LogP contribution in [0.1, 0.15) is 56.5 Å². The molecule has 1 aromatic heterocycles. The maximum absolute atomic E-state index is 14.4. The number of rotatable bonds is 7. The lowest BCUT2D eigenvalue weighted by Crippen LogP contribution is -2.63. The number of para-hydroxylation sites is 1. The van der Waals surface area contributed by atoms with E-state index in [4.69, 9.17) is 0 Å². The first-order valence-corrected chi connectivity index (χ1v) is 14.0. The van der Waals surface area contributed by atoms with Crippen LogP contribution in [-0.2, 0) is 20.8 Å². The zero-order valence-corrected chi connectivity index (χ0v) is 24.5. The predicted octanol–water partition coefficient (Wildman–Crippen LogP) is 1.61. The third-order valence-corrected chi connectivity index (χ3v) is 7.38. The van der Waals surface area contributed by atoms with Gasteiger partial charge < -0.3 is 31.5 Å². The van der Waals surface area contributed by atoms with Crippen LogP contribution in [0.15, 0.2) is 24.3 Å². The second-order valence-corrected chi connectivity index (χ2v) is 11.2. The number of amides is 4. The Morgan fingerprint density at radius 2 is 1.61 bits per heavy atom. The van der Waals surface area contributed by atoms with Crippen molar-refractivity contribution in [2.75, 3.05) is 0 Å². The highest BCUT2D eigenvalue weighted by molar-refractivity contribution is 6.00. The fourth-order valence-electron chi connectivity index (χ4n) is 4.85. The summed E-state index contributed by atoms with van der Waals surface area (Å²) in [5, 5.41) is 31.4. The van der Waals surface area contributed by atoms with E-state index in [-0.39, 0.29) is 23.7 Å². The van der Waals surface area contributed by atoms with Gasteiger partial charge in [-0.05, 0) is 44.2 Å². The summed E-state index contributed by atoms with van der Waals surface area (Å²) >= 11 is 0. The zero-order valence-electron chi connectivity index (χ0n) is 24.5. The van der Waals surface area contributed by atoms with E-state index in [2.05, 4.69) is 26.3 Å². The third-order valence-electron chi connectivity index (χ3n) is 7.38. The van der Waals surface area contributed by atoms with Gasteiger partial charge >= 0.3 is 0 Å². The van der Waals surface area contributed by atoms with E-state index < -0.39 is 102 Å². The molecule has 1 aliphatic rings. The van der Waals surface area contributed by atoms with Gasteiger partial charge in [0.15, 0.2) is 5.82 Å². The number of benzene rings is 1. The van der Waals surface area contributed by atoms with Crippen LogP contribution < -0.4 is 21.3 Å². The van der Waals surface area contributed by atoms with Gasteiger partial charge in [0, 0.05) is 5.56 Å². The molecule has 15 heteroatoms. The number of aliphatic hydroxyl groups excluding tert-OH is 1. The number of hydrogen-bond donors (Lipinski definition) is 6. The van der Waals surface area contributed by atoms with Crippen LogP contribution in [0, 0.1) is 35.4 Å². The minimum Gasteiger partial charge on any atom is -0.507 e. The number of aromatic nitrogens is 1. The number of aromatic hydroxyl groups is 1. The van der Waals surface area contributed by atoms with Crippen molar-refractivity contribution in [2.45, 2.75) is 77.2 Å². The van der Waals surface area contributed by atoms with E-state index in [1.807, 2.05) is 13.8 Å². The summed E-state index contributed by atoms with van der Waals surface area (Å²) in [5.74, 6) is -12.5. The highest BCUT2D eigenvalue weighted by Crippen LogP contribution is 2.22. The summed E-state index contributed by atoms with van der Waals surface area (Å²) < 4.78 is 55.8. The Balaban J connectivity index is 2.01. The van der Waals surface area contributed by atoms with Crippen molar-refractivity contribution in [1.29, 1.82) is 0 Å². The highest BCUT2D eigenvalue weighted by Gasteiger charge is 2.38. The molecule has 2 heterocycles. The number of halogens is 4. The molecular formula is C29H35F4N5O6. The molecule has 44 heavy (non-hydrogen) atoms. The number of nitrogens with one attached hydrogen (secondary N) is 4. The smallest absolute Gasteiger partial charge is 0.255 e. The average Bonchev–Trinajstić information content (AvgIpc) is 2.96. The van der Waals surface area contributed by atoms with E-state index in [9.17, 15) is 47.0 Å². The van der Waals surface area contributed by atoms with Crippen LogP contribution in [0.5, 0.6) is 5.75 Å². The highest BCUT2D eigenvalue weighted by atomic mass is 19.2. The normalized spacial score (nSPS) is 24.9. The summed E-state index contributed by atoms with van der Waals surface area (Å²) in [6, 6.07) is 0.328. The Bertz CT molecular complexity index is 1410. The van der Waals surface area contributed by atoms with Crippen LogP contribution >= 0.6 is 0 Å². The van der Waals surface area contributed by atoms with Crippen LogP contribution in [-0.4, -0.2) is 69.1 Å². The molecule has 4 amide bonds. The zero-order chi connectivity index (χ0) is 32.9. The molecule has 0 aliphatic carbocycles. The lowest BCUT2D eigenvalue weighted by Gasteiger charge is -2.34. The van der Waals surface area contributed by atoms with Gasteiger partial charge in [0.2, 0.25) is 29.5 Å². The van der Waals surface area contributed by atoms with E-state index in [0.29, 0.717) is 0 Å². The first-order chi connectivity index (χ1) is 20.6. The number of aliphatic hydroxyl groups is 1. The molecule has 1 fully saturated rings. The van der Waals surface area contributed by atoms with Crippen LogP contribution in [0.3, 0.4) is 0 Å². The monoisotopic (exact) mass is 625 g/mol. The number of carbonyl (C=O) groups excluding carboxylic acids is 4. The minimum atomic E-state index is -2.01. The van der Waals surface area contributed by atoms with E-state index in [0.717, 1.165) is 0 Å². The van der Waals surface area contributed by atoms with Gasteiger partial charge in [0.1, 0.15) is 17.8 Å². The minimum absolute atomic E-state index is 0.0726. The molecule has 1 aromatic carbocycles. The number of pyridine rings is 1. The van der Waals surface area contributed by atoms with Crippen molar-refractivity contribution in [2.24, 2.45) is 11.8 Å². The second kappa shape index (κ2) is 14.5. The SMILES string of the molecule is CC(C)CC1NC(=O)[C@H](C)[C@H](O)[C@H](CCc2c(F)nc(F)c(F)c2F)NC(=O)[C@@H](NC(=O)c2ccccc2O)[C@@H](C)NC1=O. The molecule has 240 valence electrons. The summed E-state index contributed by atoms with van der Waals surface area (Å²) in [7, 11) is 0. The van der Waals surface area contributed by atoms with Gasteiger partial charge in [-0.25, -0.2) is 4.39 Å². The van der Waals surface area contributed by atoms with Gasteiger partial charge in [-0.2, -0.15) is 18.2 Å². The fourth-order valence-corrected chi connectivity index (χ4v) is 4.85. The number of hydrogen-bond acceptors (Lipinski definition) is 7. The molecule has 6 atom stereocenters. The van der Waals surface area contributed by atoms with Crippen molar-refractivity contribution in [3.8, 4) is 5.75 Å². The van der Waals surface area contributed by atoms with Crippen molar-refractivity contribution >= 4 is 23.6 Å². The molecule has 0 saturated carbocycles. The summed E-state index contributed by atoms with van der Waals surface area (Å²) in [6.45, 7) is 6.32. The van der Waals surface area contributed by atoms with Gasteiger partial charge in [0.05, 0.1) is 29.7 Å². The number of phenolic OH excluding ortho intramolecular Hbond substituents is 1. The summed E-state index contributed by atoms with van der Waals surface area (Å²) in [5.41, 5.74) is -1.13. The lowest BCUT2D eigenvalue weighted by atomic mass is 9.91. The van der Waals surface area contributed by atoms with E-state index >= 15 is 0 Å². The predicted molar refractivity (Wildman–Crippen MR) is 148 cm³/mol. The third kappa shape index (κ3) is 8.01. The standard InChI is InChI=1S/C29H35F4N5O6/c1-12(2)11-18-28(43)34-14(4)22(37-27(42)15-7-5-6-8-19(15)39)29(44)35-17(23(40)13(3)26(41)36-18)10-9-16-20(30)21(31)25(33)38-24(16)32/h5-8,12-14,17-18,22-23,39-40H,9-11H2,1-4H3,(H,34,43)(H,35,44)(H,36,41)(H,37,42)/t13-,14-,17+,18?,22+,23+/m1/s1. The topological polar surface area (TPSA) is 170 Å². The van der Waals surface area contributed by atoms with Crippen molar-refractivity contribution in [3.05, 3.63) is 58.9 Å². The average molecular weight is 626 g/mol. The van der Waals surface area contributed by atoms with Crippen LogP contribution in [0.2, 0.25) is 0 Å². The van der Waals surface area contributed by atoms with Gasteiger partial charge in [-0.15, -0.1) is 0 Å². The molecule has 1 saturated heterocycles. The van der Waals surface area contributed by atoms with E-state index in [1.54, 1.807) is 0 Å². The quantitative estimate of drug-likeness (QED) is 0.201. The molecule has 6 N–H and O–H groups in total. The molecule has 11 nitrogen and oxygen atoms in total. The van der Waals surface area contributed by atoms with Gasteiger partial charge in [-0.1, -0.05) is 32.9 Å². The Kier molecular flexibility index (Phi) is 11.3. The van der Waals surface area contributed by atoms with Crippen LogP contribution in [0.25, 0.3) is 0 Å². The molecule has 1 unspecified atom stereocenters. The molecule has 0 spiro atoms. The molecule has 0 bridgehead atoms. The second-order valence-electron chi connectivity index (χ2n) is 11.2. The number of phenols is 1. The van der Waals surface area contributed by atoms with Gasteiger partial charge in [0.25, 0.3) is 11.9 Å².